The molecule has 3 nitrogen and oxygen atoms in total. The molecular formula is C13H24N2OS. The highest BCUT2D eigenvalue weighted by atomic mass is 32.2. The van der Waals surface area contributed by atoms with Gasteiger partial charge in [0, 0.05) is 18.4 Å². The first-order valence-electron chi connectivity index (χ1n) is 7.01. The second-order valence-corrected chi connectivity index (χ2v) is 7.08. The normalized spacial score (nSPS) is 40.4. The summed E-state index contributed by atoms with van der Waals surface area (Å²) in [5, 5.41) is 0. The van der Waals surface area contributed by atoms with Crippen molar-refractivity contribution >= 4 is 11.8 Å². The number of nitrogens with one attached hydrogen (secondary N) is 1. The molecule has 3 unspecified atom stereocenters. The summed E-state index contributed by atoms with van der Waals surface area (Å²) in [4.78, 5) is 0. The van der Waals surface area contributed by atoms with E-state index >= 15 is 0 Å². The Morgan fingerprint density at radius 3 is 2.76 bits per heavy atom. The summed E-state index contributed by atoms with van der Waals surface area (Å²) in [6, 6.07) is 0.537. The largest absolute Gasteiger partial charge is 0.374 e. The van der Waals surface area contributed by atoms with Crippen molar-refractivity contribution < 1.29 is 4.74 Å². The molecule has 2 heterocycles. The standard InChI is InChI=1S/C13H24N2OS/c14-15-12(10-2-1-3-10)11-4-6-16-13(8-11)5-7-17-9-13/h10-12,15H,1-9,14H2. The van der Waals surface area contributed by atoms with Gasteiger partial charge in [-0.2, -0.15) is 11.8 Å². The minimum absolute atomic E-state index is 0.201. The predicted molar refractivity (Wildman–Crippen MR) is 71.8 cm³/mol. The third-order valence-electron chi connectivity index (χ3n) is 4.96. The zero-order valence-electron chi connectivity index (χ0n) is 10.5. The Balaban J connectivity index is 1.65. The molecule has 3 rings (SSSR count). The minimum Gasteiger partial charge on any atom is -0.374 e. The maximum Gasteiger partial charge on any atom is 0.0783 e. The zero-order valence-corrected chi connectivity index (χ0v) is 11.3. The second kappa shape index (κ2) is 5.08. The molecule has 1 spiro atoms. The summed E-state index contributed by atoms with van der Waals surface area (Å²) < 4.78 is 6.09. The molecule has 3 atom stereocenters. The molecule has 0 aromatic carbocycles. The van der Waals surface area contributed by atoms with Gasteiger partial charge >= 0.3 is 0 Å². The Morgan fingerprint density at radius 1 is 1.29 bits per heavy atom. The Bertz CT molecular complexity index is 264. The number of nitrogens with two attached hydrogens (primary N) is 1. The van der Waals surface area contributed by atoms with Crippen LogP contribution in [-0.4, -0.2) is 29.8 Å². The van der Waals surface area contributed by atoms with E-state index in [4.69, 9.17) is 10.6 Å². The van der Waals surface area contributed by atoms with Crippen molar-refractivity contribution in [2.45, 2.75) is 50.2 Å². The molecule has 2 aliphatic heterocycles. The first kappa shape index (κ1) is 12.3. The molecule has 0 amide bonds. The van der Waals surface area contributed by atoms with E-state index in [1.54, 1.807) is 0 Å². The van der Waals surface area contributed by atoms with Gasteiger partial charge in [-0.15, -0.1) is 0 Å². The van der Waals surface area contributed by atoms with Crippen LogP contribution < -0.4 is 11.3 Å². The second-order valence-electron chi connectivity index (χ2n) is 5.97. The van der Waals surface area contributed by atoms with Crippen LogP contribution in [0.1, 0.15) is 38.5 Å². The van der Waals surface area contributed by atoms with Gasteiger partial charge in [0.25, 0.3) is 0 Å². The van der Waals surface area contributed by atoms with Crippen LogP contribution >= 0.6 is 11.8 Å². The summed E-state index contributed by atoms with van der Waals surface area (Å²) in [5.74, 6) is 9.84. The Kier molecular flexibility index (Phi) is 3.67. The summed E-state index contributed by atoms with van der Waals surface area (Å²) in [5.41, 5.74) is 3.32. The first-order chi connectivity index (χ1) is 8.33. The predicted octanol–water partition coefficient (Wildman–Crippen LogP) is 1.92. The fraction of sp³-hybridized carbons (Fsp3) is 1.00. The molecule has 0 radical (unpaired) electrons. The number of ether oxygens (including phenoxy) is 1. The molecule has 1 saturated carbocycles. The molecule has 0 bridgehead atoms. The quantitative estimate of drug-likeness (QED) is 0.598. The SMILES string of the molecule is NNC(C1CCC1)C1CCOC2(CCSC2)C1. The zero-order chi connectivity index (χ0) is 11.7. The van der Waals surface area contributed by atoms with E-state index in [0.29, 0.717) is 6.04 Å². The van der Waals surface area contributed by atoms with E-state index in [9.17, 15) is 0 Å². The van der Waals surface area contributed by atoms with E-state index < -0.39 is 0 Å². The summed E-state index contributed by atoms with van der Waals surface area (Å²) in [7, 11) is 0. The number of rotatable bonds is 3. The number of hydrogen-bond donors (Lipinski definition) is 2. The van der Waals surface area contributed by atoms with Gasteiger partial charge in [-0.25, -0.2) is 0 Å². The fourth-order valence-electron chi connectivity index (χ4n) is 3.69. The third-order valence-corrected chi connectivity index (χ3v) is 6.18. The number of hydrazine groups is 1. The molecule has 3 fully saturated rings. The number of hydrogen-bond acceptors (Lipinski definition) is 4. The van der Waals surface area contributed by atoms with E-state index in [2.05, 4.69) is 17.2 Å². The number of thioether (sulfide) groups is 1. The topological polar surface area (TPSA) is 47.3 Å². The van der Waals surface area contributed by atoms with Gasteiger partial charge in [0.05, 0.1) is 5.60 Å². The van der Waals surface area contributed by atoms with Gasteiger partial charge in [0.1, 0.15) is 0 Å². The monoisotopic (exact) mass is 256 g/mol. The molecule has 3 aliphatic rings. The van der Waals surface area contributed by atoms with Crippen LogP contribution in [0.5, 0.6) is 0 Å². The van der Waals surface area contributed by atoms with Crippen molar-refractivity contribution in [1.82, 2.24) is 5.43 Å². The van der Waals surface area contributed by atoms with Crippen LogP contribution in [0.15, 0.2) is 0 Å². The maximum atomic E-state index is 6.09. The van der Waals surface area contributed by atoms with Crippen LogP contribution in [0.3, 0.4) is 0 Å². The van der Waals surface area contributed by atoms with Gasteiger partial charge in [-0.05, 0) is 49.7 Å². The maximum absolute atomic E-state index is 6.09. The Hall–Kier alpha value is 0.230. The van der Waals surface area contributed by atoms with Crippen molar-refractivity contribution in [2.75, 3.05) is 18.1 Å². The lowest BCUT2D eigenvalue weighted by Crippen LogP contribution is -2.53. The lowest BCUT2D eigenvalue weighted by molar-refractivity contribution is -0.0906. The summed E-state index contributed by atoms with van der Waals surface area (Å²) in [6.07, 6.45) is 7.80. The van der Waals surface area contributed by atoms with Crippen LogP contribution in [0.4, 0.5) is 0 Å². The van der Waals surface area contributed by atoms with Crippen molar-refractivity contribution in [3.8, 4) is 0 Å². The molecule has 4 heteroatoms. The van der Waals surface area contributed by atoms with Crippen LogP contribution in [0.2, 0.25) is 0 Å². The molecule has 0 aromatic heterocycles. The van der Waals surface area contributed by atoms with E-state index in [0.717, 1.165) is 18.4 Å². The van der Waals surface area contributed by atoms with Gasteiger partial charge in [0.15, 0.2) is 0 Å². The lowest BCUT2D eigenvalue weighted by Gasteiger charge is -2.45. The molecule has 0 aromatic rings. The van der Waals surface area contributed by atoms with Gasteiger partial charge in [-0.3, -0.25) is 11.3 Å². The van der Waals surface area contributed by atoms with Crippen molar-refractivity contribution in [1.29, 1.82) is 0 Å². The highest BCUT2D eigenvalue weighted by Gasteiger charge is 2.44. The molecule has 1 aliphatic carbocycles. The average Bonchev–Trinajstić information content (AvgIpc) is 2.71. The molecule has 3 N–H and O–H groups in total. The van der Waals surface area contributed by atoms with E-state index in [1.807, 2.05) is 0 Å². The van der Waals surface area contributed by atoms with Crippen molar-refractivity contribution in [2.24, 2.45) is 17.7 Å². The molecule has 98 valence electrons. The third kappa shape index (κ3) is 2.37. The minimum atomic E-state index is 0.201. The van der Waals surface area contributed by atoms with Crippen molar-refractivity contribution in [3.63, 3.8) is 0 Å². The molecular weight excluding hydrogens is 232 g/mol. The molecule has 17 heavy (non-hydrogen) atoms. The fourth-order valence-corrected chi connectivity index (χ4v) is 5.07. The van der Waals surface area contributed by atoms with Gasteiger partial charge in [0.2, 0.25) is 0 Å². The summed E-state index contributed by atoms with van der Waals surface area (Å²) >= 11 is 2.05. The van der Waals surface area contributed by atoms with Crippen LogP contribution in [-0.2, 0) is 4.74 Å². The Labute approximate surface area is 108 Å². The molecule has 2 saturated heterocycles. The highest BCUT2D eigenvalue weighted by Crippen LogP contribution is 2.44. The van der Waals surface area contributed by atoms with Crippen LogP contribution in [0.25, 0.3) is 0 Å². The van der Waals surface area contributed by atoms with Gasteiger partial charge in [-0.1, -0.05) is 6.42 Å². The van der Waals surface area contributed by atoms with Gasteiger partial charge < -0.3 is 4.74 Å². The first-order valence-corrected chi connectivity index (χ1v) is 8.16. The van der Waals surface area contributed by atoms with Crippen molar-refractivity contribution in [3.05, 3.63) is 0 Å². The van der Waals surface area contributed by atoms with Crippen LogP contribution in [0, 0.1) is 11.8 Å². The highest BCUT2D eigenvalue weighted by molar-refractivity contribution is 7.99. The van der Waals surface area contributed by atoms with E-state index in [-0.39, 0.29) is 5.60 Å². The lowest BCUT2D eigenvalue weighted by atomic mass is 9.70. The smallest absolute Gasteiger partial charge is 0.0783 e. The average molecular weight is 256 g/mol. The summed E-state index contributed by atoms with van der Waals surface area (Å²) in [6.45, 7) is 0.941. The van der Waals surface area contributed by atoms with E-state index in [1.165, 1.54) is 50.0 Å². The Morgan fingerprint density at radius 2 is 2.18 bits per heavy atom.